The van der Waals surface area contributed by atoms with E-state index in [0.29, 0.717) is 43.3 Å². The smallest absolute Gasteiger partial charge is 0.305 e. The van der Waals surface area contributed by atoms with E-state index in [0.717, 1.165) is 18.7 Å². The third-order valence-corrected chi connectivity index (χ3v) is 7.24. The lowest BCUT2D eigenvalue weighted by molar-refractivity contribution is -0.387. The summed E-state index contributed by atoms with van der Waals surface area (Å²) < 4.78 is 13.1. The first-order chi connectivity index (χ1) is 19.6. The van der Waals surface area contributed by atoms with Gasteiger partial charge in [-0.05, 0) is 70.7 Å². The first-order valence-corrected chi connectivity index (χ1v) is 14.1. The fourth-order valence-corrected chi connectivity index (χ4v) is 4.78. The zero-order valence-corrected chi connectivity index (χ0v) is 24.2. The number of nitro groups is 2. The molecular formula is C29H40FN5O6. The summed E-state index contributed by atoms with van der Waals surface area (Å²) in [5.74, 6) is -0.860. The minimum Gasteiger partial charge on any atom is -0.379 e. The largest absolute Gasteiger partial charge is 0.379 e. The molecule has 0 aromatic heterocycles. The van der Waals surface area contributed by atoms with Crippen molar-refractivity contribution in [2.24, 2.45) is 5.92 Å². The number of benzene rings is 2. The Balaban J connectivity index is 0.000000305. The van der Waals surface area contributed by atoms with Gasteiger partial charge in [-0.3, -0.25) is 29.8 Å². The highest BCUT2D eigenvalue weighted by Gasteiger charge is 2.22. The summed E-state index contributed by atoms with van der Waals surface area (Å²) in [6.45, 7) is 10.3. The average Bonchev–Trinajstić information content (AvgIpc) is 2.98. The Hall–Kier alpha value is -4.09. The summed E-state index contributed by atoms with van der Waals surface area (Å²) in [7, 11) is 0. The fraction of sp³-hybridized carbons (Fsp3) is 0.517. The Kier molecular flexibility index (Phi) is 13.1. The van der Waals surface area contributed by atoms with E-state index in [9.17, 15) is 34.2 Å². The van der Waals surface area contributed by atoms with Gasteiger partial charge in [0, 0.05) is 56.0 Å². The van der Waals surface area contributed by atoms with Gasteiger partial charge >= 0.3 is 5.69 Å². The molecule has 2 aromatic rings. The van der Waals surface area contributed by atoms with Crippen molar-refractivity contribution in [2.75, 3.05) is 38.0 Å². The van der Waals surface area contributed by atoms with Crippen LogP contribution < -0.4 is 5.32 Å². The zero-order valence-electron chi connectivity index (χ0n) is 24.2. The maximum absolute atomic E-state index is 13.1. The van der Waals surface area contributed by atoms with Crippen molar-refractivity contribution in [3.63, 3.8) is 0 Å². The van der Waals surface area contributed by atoms with E-state index in [2.05, 4.69) is 5.32 Å². The molecule has 12 heteroatoms. The number of nitro benzene ring substituents is 2. The second-order valence-corrected chi connectivity index (χ2v) is 9.75. The topological polar surface area (TPSA) is 139 Å². The van der Waals surface area contributed by atoms with Gasteiger partial charge in [-0.2, -0.15) is 4.39 Å². The van der Waals surface area contributed by atoms with Crippen LogP contribution in [0.4, 0.5) is 21.5 Å². The van der Waals surface area contributed by atoms with E-state index in [1.165, 1.54) is 49.1 Å². The first-order valence-electron chi connectivity index (χ1n) is 14.1. The molecule has 1 aliphatic carbocycles. The van der Waals surface area contributed by atoms with E-state index in [1.54, 1.807) is 30.9 Å². The molecule has 0 atom stereocenters. The number of nitrogens with zero attached hydrogens (tertiary/aromatic N) is 4. The van der Waals surface area contributed by atoms with Crippen molar-refractivity contribution < 1.29 is 23.8 Å². The number of anilines is 1. The molecule has 41 heavy (non-hydrogen) atoms. The van der Waals surface area contributed by atoms with Crippen LogP contribution in [0.2, 0.25) is 0 Å². The van der Waals surface area contributed by atoms with E-state index in [-0.39, 0.29) is 23.1 Å². The van der Waals surface area contributed by atoms with Gasteiger partial charge < -0.3 is 15.1 Å². The predicted molar refractivity (Wildman–Crippen MR) is 156 cm³/mol. The Labute approximate surface area is 240 Å². The van der Waals surface area contributed by atoms with Crippen molar-refractivity contribution in [2.45, 2.75) is 59.8 Å². The fourth-order valence-electron chi connectivity index (χ4n) is 4.78. The third kappa shape index (κ3) is 9.22. The molecule has 11 nitrogen and oxygen atoms in total. The van der Waals surface area contributed by atoms with E-state index < -0.39 is 21.4 Å². The van der Waals surface area contributed by atoms with Crippen LogP contribution in [0.3, 0.4) is 0 Å². The van der Waals surface area contributed by atoms with E-state index in [4.69, 9.17) is 0 Å². The van der Waals surface area contributed by atoms with Crippen LogP contribution in [0, 0.1) is 32.0 Å². The molecule has 224 valence electrons. The van der Waals surface area contributed by atoms with E-state index >= 15 is 0 Å². The number of carbonyl (C=O) groups is 2. The van der Waals surface area contributed by atoms with Crippen LogP contribution in [-0.4, -0.2) is 64.2 Å². The Bertz CT molecular complexity index is 1210. The average molecular weight is 574 g/mol. The van der Waals surface area contributed by atoms with Crippen molar-refractivity contribution in [3.05, 3.63) is 73.6 Å². The predicted octanol–water partition coefficient (Wildman–Crippen LogP) is 6.28. The molecule has 0 saturated heterocycles. The minimum absolute atomic E-state index is 0.0242. The summed E-state index contributed by atoms with van der Waals surface area (Å²) in [4.78, 5) is 48.1. The number of carbonyl (C=O) groups excluding carboxylic acids is 2. The molecule has 0 bridgehead atoms. The summed E-state index contributed by atoms with van der Waals surface area (Å²) in [6, 6.07) is 7.90. The van der Waals surface area contributed by atoms with Crippen LogP contribution in [-0.2, 0) is 0 Å². The van der Waals surface area contributed by atoms with Gasteiger partial charge in [0.1, 0.15) is 5.69 Å². The standard InChI is InChI=1S/C18H27N3O3.C11H13FN2O3/c1-3-20(4-2)18(22)15-10-11-16(17(12-15)21(23)24)19-13-14-8-6-5-7-9-14;1-3-13(4-2)11(15)8-5-6-9(12)10(7-8)14(16)17/h10-12,14,19H,3-9,13H2,1-2H3;5-7H,3-4H2,1-2H3. The maximum Gasteiger partial charge on any atom is 0.305 e. The molecule has 0 radical (unpaired) electrons. The van der Waals surface area contributed by atoms with Crippen LogP contribution in [0.1, 0.15) is 80.5 Å². The SMILES string of the molecule is CCN(CC)C(=O)c1ccc(F)c([N+](=O)[O-])c1.CCN(CC)C(=O)c1ccc(NCC2CCCCC2)c([N+](=O)[O-])c1. The molecule has 3 rings (SSSR count). The molecule has 2 amide bonds. The number of halogens is 1. The molecular weight excluding hydrogens is 533 g/mol. The van der Waals surface area contributed by atoms with Gasteiger partial charge in [-0.15, -0.1) is 0 Å². The molecule has 1 N–H and O–H groups in total. The quantitative estimate of drug-likeness (QED) is 0.246. The number of amides is 2. The molecule has 1 saturated carbocycles. The number of rotatable bonds is 11. The second-order valence-electron chi connectivity index (χ2n) is 9.75. The molecule has 2 aromatic carbocycles. The molecule has 0 unspecified atom stereocenters. The highest BCUT2D eigenvalue weighted by atomic mass is 19.1. The van der Waals surface area contributed by atoms with Crippen molar-refractivity contribution >= 4 is 28.9 Å². The van der Waals surface area contributed by atoms with Gasteiger partial charge in [0.15, 0.2) is 0 Å². The van der Waals surface area contributed by atoms with Gasteiger partial charge in [-0.25, -0.2) is 0 Å². The van der Waals surface area contributed by atoms with Crippen molar-refractivity contribution in [1.29, 1.82) is 0 Å². The summed E-state index contributed by atoms with van der Waals surface area (Å²) in [6.07, 6.45) is 6.13. The minimum atomic E-state index is -0.939. The Morgan fingerprint density at radius 2 is 1.27 bits per heavy atom. The molecule has 0 spiro atoms. The summed E-state index contributed by atoms with van der Waals surface area (Å²) in [5.41, 5.74) is 0.295. The van der Waals surface area contributed by atoms with Gasteiger partial charge in [-0.1, -0.05) is 19.3 Å². The van der Waals surface area contributed by atoms with Gasteiger partial charge in [0.05, 0.1) is 9.85 Å². The highest BCUT2D eigenvalue weighted by molar-refractivity contribution is 5.96. The van der Waals surface area contributed by atoms with Crippen molar-refractivity contribution in [1.82, 2.24) is 9.80 Å². The van der Waals surface area contributed by atoms with Crippen LogP contribution in [0.25, 0.3) is 0 Å². The number of hydrogen-bond donors (Lipinski definition) is 1. The Morgan fingerprint density at radius 3 is 1.73 bits per heavy atom. The monoisotopic (exact) mass is 573 g/mol. The normalized spacial score (nSPS) is 13.0. The van der Waals surface area contributed by atoms with Gasteiger partial charge in [0.2, 0.25) is 5.82 Å². The number of nitrogens with one attached hydrogen (secondary N) is 1. The first kappa shape index (κ1) is 33.1. The third-order valence-electron chi connectivity index (χ3n) is 7.24. The lowest BCUT2D eigenvalue weighted by Crippen LogP contribution is -2.30. The lowest BCUT2D eigenvalue weighted by atomic mass is 9.89. The highest BCUT2D eigenvalue weighted by Crippen LogP contribution is 2.29. The Morgan fingerprint density at radius 1 is 0.805 bits per heavy atom. The maximum atomic E-state index is 13.1. The second kappa shape index (κ2) is 16.2. The van der Waals surface area contributed by atoms with Crippen molar-refractivity contribution in [3.8, 4) is 0 Å². The lowest BCUT2D eigenvalue weighted by Gasteiger charge is -2.22. The molecule has 1 aliphatic rings. The summed E-state index contributed by atoms with van der Waals surface area (Å²) >= 11 is 0. The van der Waals surface area contributed by atoms with Crippen LogP contribution in [0.5, 0.6) is 0 Å². The molecule has 0 heterocycles. The molecule has 1 fully saturated rings. The number of hydrogen-bond acceptors (Lipinski definition) is 7. The van der Waals surface area contributed by atoms with Crippen LogP contribution >= 0.6 is 0 Å². The van der Waals surface area contributed by atoms with Gasteiger partial charge in [0.25, 0.3) is 17.5 Å². The van der Waals surface area contributed by atoms with Crippen LogP contribution in [0.15, 0.2) is 36.4 Å². The van der Waals surface area contributed by atoms with E-state index in [1.807, 2.05) is 13.8 Å². The zero-order chi connectivity index (χ0) is 30.5. The summed E-state index contributed by atoms with van der Waals surface area (Å²) in [5, 5.41) is 25.2. The molecule has 0 aliphatic heterocycles.